The minimum Gasteiger partial charge on any atom is -0.444 e. The Kier molecular flexibility index (Phi) is 9.52. The smallest absolute Gasteiger partial charge is 0.410 e. The molecule has 194 valence electrons. The lowest BCUT2D eigenvalue weighted by Gasteiger charge is -2.30. The van der Waals surface area contributed by atoms with Crippen LogP contribution in [0.3, 0.4) is 0 Å². The van der Waals surface area contributed by atoms with Crippen LogP contribution in [-0.2, 0) is 9.47 Å². The van der Waals surface area contributed by atoms with Crippen LogP contribution in [0.2, 0.25) is 0 Å². The predicted octanol–water partition coefficient (Wildman–Crippen LogP) is 2.73. The van der Waals surface area contributed by atoms with E-state index in [0.29, 0.717) is 31.3 Å². The molecule has 1 atom stereocenters. The van der Waals surface area contributed by atoms with Crippen LogP contribution in [0.15, 0.2) is 6.07 Å². The topological polar surface area (TPSA) is 98.1 Å². The molecule has 0 bridgehead atoms. The first-order chi connectivity index (χ1) is 16.7. The van der Waals surface area contributed by atoms with Crippen LogP contribution in [0.5, 0.6) is 0 Å². The van der Waals surface area contributed by atoms with Crippen molar-refractivity contribution in [3.63, 3.8) is 0 Å². The summed E-state index contributed by atoms with van der Waals surface area (Å²) >= 11 is 0. The number of ether oxygens (including phenoxy) is 2. The molecule has 2 fully saturated rings. The molecule has 0 N–H and O–H groups in total. The molecule has 0 saturated carbocycles. The summed E-state index contributed by atoms with van der Waals surface area (Å²) in [5.74, 6) is 1.35. The molecule has 0 radical (unpaired) electrons. The first-order valence-corrected chi connectivity index (χ1v) is 12.7. The molecule has 0 unspecified atom stereocenters. The van der Waals surface area contributed by atoms with Crippen LogP contribution in [0.4, 0.5) is 16.6 Å². The molecule has 1 aromatic rings. The van der Waals surface area contributed by atoms with E-state index in [1.807, 2.05) is 20.8 Å². The first-order valence-electron chi connectivity index (χ1n) is 12.7. The maximum atomic E-state index is 12.5. The zero-order valence-corrected chi connectivity index (χ0v) is 22.0. The SMILES string of the molecule is COCCCN1CCCN(c2nc(C#N)cc(N3CCCN(C(=O)OC(C)(C)C)CC3)n2)[C@@H](C)C1. The van der Waals surface area contributed by atoms with Crippen LogP contribution < -0.4 is 9.80 Å². The lowest BCUT2D eigenvalue weighted by atomic mass is 10.2. The molecule has 2 aliphatic rings. The Hall–Kier alpha value is -2.64. The number of hydrogen-bond donors (Lipinski definition) is 0. The van der Waals surface area contributed by atoms with Crippen LogP contribution in [0, 0.1) is 11.3 Å². The van der Waals surface area contributed by atoms with Crippen molar-refractivity contribution in [2.75, 3.05) is 75.9 Å². The number of carbonyl (C=O) groups is 1. The number of methoxy groups -OCH3 is 1. The minimum absolute atomic E-state index is 0.230. The number of hydrogen-bond acceptors (Lipinski definition) is 9. The van der Waals surface area contributed by atoms with Gasteiger partial charge in [-0.1, -0.05) is 0 Å². The van der Waals surface area contributed by atoms with E-state index < -0.39 is 5.60 Å². The van der Waals surface area contributed by atoms with Gasteiger partial charge in [0, 0.05) is 71.6 Å². The van der Waals surface area contributed by atoms with Gasteiger partial charge < -0.3 is 29.1 Å². The highest BCUT2D eigenvalue weighted by Gasteiger charge is 2.27. The highest BCUT2D eigenvalue weighted by atomic mass is 16.6. The maximum absolute atomic E-state index is 12.5. The summed E-state index contributed by atoms with van der Waals surface area (Å²) in [6.45, 7) is 15.0. The average molecular weight is 488 g/mol. The standard InChI is InChI=1S/C25H41N7O3/c1-20-19-29(10-8-16-34-5)9-6-13-32(20)23-27-21(18-26)17-22(28-23)30-11-7-12-31(15-14-30)24(33)35-25(2,3)4/h17,20H,6-16,19H2,1-5H3/t20-/m0/s1. The number of rotatable bonds is 6. The van der Waals surface area contributed by atoms with Crippen molar-refractivity contribution in [2.45, 2.75) is 58.6 Å². The second-order valence-electron chi connectivity index (χ2n) is 10.4. The van der Waals surface area contributed by atoms with Gasteiger partial charge in [0.25, 0.3) is 0 Å². The van der Waals surface area contributed by atoms with E-state index in [1.165, 1.54) is 0 Å². The van der Waals surface area contributed by atoms with E-state index >= 15 is 0 Å². The lowest BCUT2D eigenvalue weighted by Crippen LogP contribution is -2.41. The molecule has 0 aromatic carbocycles. The third kappa shape index (κ3) is 7.94. The van der Waals surface area contributed by atoms with Crippen molar-refractivity contribution in [1.82, 2.24) is 19.8 Å². The lowest BCUT2D eigenvalue weighted by molar-refractivity contribution is 0.0263. The molecule has 1 amide bonds. The Morgan fingerprint density at radius 2 is 1.91 bits per heavy atom. The highest BCUT2D eigenvalue weighted by Crippen LogP contribution is 2.23. The molecular weight excluding hydrogens is 446 g/mol. The second-order valence-corrected chi connectivity index (χ2v) is 10.4. The summed E-state index contributed by atoms with van der Waals surface area (Å²) < 4.78 is 10.8. The van der Waals surface area contributed by atoms with Gasteiger partial charge in [0.15, 0.2) is 0 Å². The molecule has 3 rings (SSSR count). The first kappa shape index (κ1) is 27.0. The largest absolute Gasteiger partial charge is 0.444 e. The molecular formula is C25H41N7O3. The molecule has 10 heteroatoms. The molecule has 3 heterocycles. The van der Waals surface area contributed by atoms with E-state index in [2.05, 4.69) is 32.7 Å². The van der Waals surface area contributed by atoms with Crippen LogP contribution in [-0.4, -0.2) is 104 Å². The number of carbonyl (C=O) groups excluding carboxylic acids is 1. The molecule has 35 heavy (non-hydrogen) atoms. The van der Waals surface area contributed by atoms with E-state index in [1.54, 1.807) is 18.1 Å². The fraction of sp³-hybridized carbons (Fsp3) is 0.760. The minimum atomic E-state index is -0.518. The van der Waals surface area contributed by atoms with Crippen molar-refractivity contribution >= 4 is 17.9 Å². The summed E-state index contributed by atoms with van der Waals surface area (Å²) in [4.78, 5) is 30.6. The molecule has 1 aromatic heterocycles. The van der Waals surface area contributed by atoms with Gasteiger partial charge in [0.1, 0.15) is 23.2 Å². The Balaban J connectivity index is 1.72. The van der Waals surface area contributed by atoms with Gasteiger partial charge in [-0.15, -0.1) is 0 Å². The van der Waals surface area contributed by atoms with Crippen molar-refractivity contribution < 1.29 is 14.3 Å². The van der Waals surface area contributed by atoms with Crippen molar-refractivity contribution in [3.05, 3.63) is 11.8 Å². The quantitative estimate of drug-likeness (QED) is 0.561. The Labute approximate surface area is 209 Å². The molecule has 2 aliphatic heterocycles. The summed E-state index contributed by atoms with van der Waals surface area (Å²) in [5, 5.41) is 9.68. The van der Waals surface area contributed by atoms with Crippen LogP contribution in [0.1, 0.15) is 52.7 Å². The summed E-state index contributed by atoms with van der Waals surface area (Å²) in [6.07, 6.45) is 2.55. The van der Waals surface area contributed by atoms with Crippen molar-refractivity contribution in [3.8, 4) is 6.07 Å². The Morgan fingerprint density at radius 3 is 2.63 bits per heavy atom. The van der Waals surface area contributed by atoms with Crippen LogP contribution >= 0.6 is 0 Å². The van der Waals surface area contributed by atoms with Crippen molar-refractivity contribution in [1.29, 1.82) is 5.26 Å². The number of nitriles is 1. The highest BCUT2D eigenvalue weighted by molar-refractivity contribution is 5.68. The molecule has 2 saturated heterocycles. The monoisotopic (exact) mass is 487 g/mol. The number of aromatic nitrogens is 2. The summed E-state index contributed by atoms with van der Waals surface area (Å²) in [6, 6.07) is 4.20. The average Bonchev–Trinajstić information content (AvgIpc) is 3.16. The van der Waals surface area contributed by atoms with E-state index in [-0.39, 0.29) is 12.1 Å². The van der Waals surface area contributed by atoms with E-state index in [9.17, 15) is 10.1 Å². The summed E-state index contributed by atoms with van der Waals surface area (Å²) in [5.41, 5.74) is -0.151. The molecule has 10 nitrogen and oxygen atoms in total. The van der Waals surface area contributed by atoms with Gasteiger partial charge in [-0.2, -0.15) is 10.2 Å². The predicted molar refractivity (Wildman–Crippen MR) is 136 cm³/mol. The van der Waals surface area contributed by atoms with Gasteiger partial charge in [-0.05, 0) is 53.5 Å². The normalized spacial score (nSPS) is 20.2. The Morgan fingerprint density at radius 1 is 1.14 bits per heavy atom. The van der Waals surface area contributed by atoms with E-state index in [4.69, 9.17) is 14.5 Å². The Bertz CT molecular complexity index is 883. The molecule has 0 aliphatic carbocycles. The van der Waals surface area contributed by atoms with Gasteiger partial charge in [-0.25, -0.2) is 9.78 Å². The zero-order valence-electron chi connectivity index (χ0n) is 22.0. The number of amides is 1. The van der Waals surface area contributed by atoms with Gasteiger partial charge in [-0.3, -0.25) is 0 Å². The third-order valence-corrected chi connectivity index (χ3v) is 6.29. The number of anilines is 2. The molecule has 0 spiro atoms. The summed E-state index contributed by atoms with van der Waals surface area (Å²) in [7, 11) is 1.74. The fourth-order valence-corrected chi connectivity index (χ4v) is 4.61. The maximum Gasteiger partial charge on any atom is 0.410 e. The van der Waals surface area contributed by atoms with Crippen LogP contribution in [0.25, 0.3) is 0 Å². The van der Waals surface area contributed by atoms with Gasteiger partial charge in [0.05, 0.1) is 0 Å². The van der Waals surface area contributed by atoms with Gasteiger partial charge >= 0.3 is 6.09 Å². The van der Waals surface area contributed by atoms with E-state index in [0.717, 1.165) is 64.4 Å². The number of nitrogens with zero attached hydrogens (tertiary/aromatic N) is 7. The third-order valence-electron chi connectivity index (χ3n) is 6.29. The van der Waals surface area contributed by atoms with Gasteiger partial charge in [0.2, 0.25) is 5.95 Å². The fourth-order valence-electron chi connectivity index (χ4n) is 4.61. The van der Waals surface area contributed by atoms with Crippen molar-refractivity contribution in [2.24, 2.45) is 0 Å². The zero-order chi connectivity index (χ0) is 25.4. The second kappa shape index (κ2) is 12.4.